The molecule has 0 unspecified atom stereocenters. The summed E-state index contributed by atoms with van der Waals surface area (Å²) in [5.41, 5.74) is 0.801. The predicted octanol–water partition coefficient (Wildman–Crippen LogP) is 1.43. The number of hydrogen-bond acceptors (Lipinski definition) is 5. The second kappa shape index (κ2) is 5.66. The number of H-pyrrole nitrogens is 1. The molecule has 0 radical (unpaired) electrons. The van der Waals surface area contributed by atoms with Crippen LogP contribution in [0.3, 0.4) is 0 Å². The number of aromatic nitrogens is 4. The lowest BCUT2D eigenvalue weighted by Crippen LogP contribution is -2.28. The Morgan fingerprint density at radius 1 is 1.21 bits per heavy atom. The summed E-state index contributed by atoms with van der Waals surface area (Å²) in [5, 5.41) is 10.6. The van der Waals surface area contributed by atoms with E-state index in [9.17, 15) is 0 Å². The van der Waals surface area contributed by atoms with Crippen LogP contribution in [-0.2, 0) is 0 Å². The van der Waals surface area contributed by atoms with Gasteiger partial charge in [-0.3, -0.25) is 10.1 Å². The van der Waals surface area contributed by atoms with E-state index < -0.39 is 0 Å². The molecule has 0 bridgehead atoms. The minimum absolute atomic E-state index is 0.708. The first-order valence-electron chi connectivity index (χ1n) is 6.33. The van der Waals surface area contributed by atoms with E-state index in [0.717, 1.165) is 48.7 Å². The lowest BCUT2D eigenvalue weighted by molar-refractivity contribution is 0.724. The average Bonchev–Trinajstić information content (AvgIpc) is 2.76. The van der Waals surface area contributed by atoms with Crippen LogP contribution in [0, 0.1) is 0 Å². The molecule has 19 heavy (non-hydrogen) atoms. The summed E-state index contributed by atoms with van der Waals surface area (Å²) in [7, 11) is 0. The minimum atomic E-state index is 0.708. The highest BCUT2D eigenvalue weighted by molar-refractivity contribution is 9.10. The molecule has 0 amide bonds. The Balaban J connectivity index is 1.80. The van der Waals surface area contributed by atoms with E-state index in [2.05, 4.69) is 46.3 Å². The van der Waals surface area contributed by atoms with E-state index in [0.29, 0.717) is 5.82 Å². The standard InChI is InChI=1S/C12H15BrN6/c13-9-2-3-10(15-8-9)11-16-12(18-17-11)19-6-1-4-14-5-7-19/h2-3,8,14H,1,4-7H2,(H,16,17,18). The Morgan fingerprint density at radius 3 is 3.00 bits per heavy atom. The van der Waals surface area contributed by atoms with Crippen molar-refractivity contribution in [2.75, 3.05) is 31.1 Å². The molecule has 2 aromatic rings. The Bertz CT molecular complexity index is 529. The van der Waals surface area contributed by atoms with Gasteiger partial charge in [-0.15, -0.1) is 5.10 Å². The topological polar surface area (TPSA) is 69.7 Å². The first-order valence-corrected chi connectivity index (χ1v) is 7.12. The highest BCUT2D eigenvalue weighted by Crippen LogP contribution is 2.17. The van der Waals surface area contributed by atoms with Gasteiger partial charge >= 0.3 is 0 Å². The van der Waals surface area contributed by atoms with Gasteiger partial charge in [-0.05, 0) is 41.0 Å². The van der Waals surface area contributed by atoms with Gasteiger partial charge in [-0.25, -0.2) is 0 Å². The molecule has 0 aromatic carbocycles. The van der Waals surface area contributed by atoms with Gasteiger partial charge in [0.1, 0.15) is 5.69 Å². The summed E-state index contributed by atoms with van der Waals surface area (Å²) in [6.45, 7) is 3.95. The van der Waals surface area contributed by atoms with Crippen molar-refractivity contribution in [3.8, 4) is 11.5 Å². The molecule has 100 valence electrons. The fourth-order valence-electron chi connectivity index (χ4n) is 2.07. The van der Waals surface area contributed by atoms with Crippen LogP contribution in [0.4, 0.5) is 5.95 Å². The van der Waals surface area contributed by atoms with E-state index in [1.807, 2.05) is 12.1 Å². The lowest BCUT2D eigenvalue weighted by atomic mass is 10.3. The third-order valence-electron chi connectivity index (χ3n) is 3.07. The molecular formula is C12H15BrN6. The van der Waals surface area contributed by atoms with Gasteiger partial charge < -0.3 is 10.2 Å². The molecule has 1 aliphatic rings. The van der Waals surface area contributed by atoms with Crippen LogP contribution >= 0.6 is 15.9 Å². The third kappa shape index (κ3) is 2.93. The maximum Gasteiger partial charge on any atom is 0.245 e. The number of nitrogens with one attached hydrogen (secondary N) is 2. The molecule has 1 fully saturated rings. The summed E-state index contributed by atoms with van der Waals surface area (Å²) >= 11 is 3.37. The third-order valence-corrected chi connectivity index (χ3v) is 3.54. The van der Waals surface area contributed by atoms with E-state index in [1.54, 1.807) is 6.20 Å². The van der Waals surface area contributed by atoms with Gasteiger partial charge in [-0.1, -0.05) is 0 Å². The molecule has 7 heteroatoms. The maximum absolute atomic E-state index is 4.53. The molecule has 1 aliphatic heterocycles. The van der Waals surface area contributed by atoms with Crippen LogP contribution in [0.15, 0.2) is 22.8 Å². The van der Waals surface area contributed by atoms with Gasteiger partial charge in [0.05, 0.1) is 0 Å². The Labute approximate surface area is 119 Å². The zero-order chi connectivity index (χ0) is 13.1. The average molecular weight is 323 g/mol. The molecule has 0 saturated carbocycles. The summed E-state index contributed by atoms with van der Waals surface area (Å²) in [4.78, 5) is 11.0. The Morgan fingerprint density at radius 2 is 2.16 bits per heavy atom. The van der Waals surface area contributed by atoms with Gasteiger partial charge in [-0.2, -0.15) is 4.98 Å². The summed E-state index contributed by atoms with van der Waals surface area (Å²) in [5.74, 6) is 1.46. The van der Waals surface area contributed by atoms with E-state index >= 15 is 0 Å². The quantitative estimate of drug-likeness (QED) is 0.875. The molecule has 3 heterocycles. The second-order valence-corrected chi connectivity index (χ2v) is 5.35. The van der Waals surface area contributed by atoms with E-state index in [-0.39, 0.29) is 0 Å². The summed E-state index contributed by atoms with van der Waals surface area (Å²) in [6, 6.07) is 3.86. The smallest absolute Gasteiger partial charge is 0.245 e. The number of pyridine rings is 1. The van der Waals surface area contributed by atoms with E-state index in [4.69, 9.17) is 0 Å². The highest BCUT2D eigenvalue weighted by atomic mass is 79.9. The van der Waals surface area contributed by atoms with Gasteiger partial charge in [0.25, 0.3) is 0 Å². The Kier molecular flexibility index (Phi) is 3.74. The number of nitrogens with zero attached hydrogens (tertiary/aromatic N) is 4. The fraction of sp³-hybridized carbons (Fsp3) is 0.417. The van der Waals surface area contributed by atoms with Gasteiger partial charge in [0.15, 0.2) is 5.82 Å². The minimum Gasteiger partial charge on any atom is -0.338 e. The predicted molar refractivity (Wildman–Crippen MR) is 77.0 cm³/mol. The van der Waals surface area contributed by atoms with Crippen LogP contribution < -0.4 is 10.2 Å². The molecule has 0 atom stereocenters. The van der Waals surface area contributed by atoms with Gasteiger partial charge in [0, 0.05) is 30.3 Å². The Hall–Kier alpha value is -1.47. The molecule has 0 spiro atoms. The van der Waals surface area contributed by atoms with Crippen molar-refractivity contribution < 1.29 is 0 Å². The number of rotatable bonds is 2. The van der Waals surface area contributed by atoms with Crippen molar-refractivity contribution in [3.63, 3.8) is 0 Å². The molecule has 1 saturated heterocycles. The van der Waals surface area contributed by atoms with Crippen molar-refractivity contribution in [2.45, 2.75) is 6.42 Å². The number of aromatic amines is 1. The lowest BCUT2D eigenvalue weighted by Gasteiger charge is -2.16. The summed E-state index contributed by atoms with van der Waals surface area (Å²) < 4.78 is 0.953. The monoisotopic (exact) mass is 322 g/mol. The van der Waals surface area contributed by atoms with Crippen LogP contribution in [-0.4, -0.2) is 46.3 Å². The van der Waals surface area contributed by atoms with Crippen molar-refractivity contribution in [1.29, 1.82) is 0 Å². The van der Waals surface area contributed by atoms with Crippen molar-refractivity contribution >= 4 is 21.9 Å². The first-order chi connectivity index (χ1) is 9.33. The SMILES string of the molecule is Brc1ccc(-c2nc(N3CCCNCC3)n[nH]2)nc1. The van der Waals surface area contributed by atoms with Crippen LogP contribution in [0.2, 0.25) is 0 Å². The van der Waals surface area contributed by atoms with Crippen LogP contribution in [0.25, 0.3) is 11.5 Å². The zero-order valence-corrected chi connectivity index (χ0v) is 12.0. The number of halogens is 1. The van der Waals surface area contributed by atoms with Crippen LogP contribution in [0.1, 0.15) is 6.42 Å². The van der Waals surface area contributed by atoms with Crippen LogP contribution in [0.5, 0.6) is 0 Å². The van der Waals surface area contributed by atoms with Gasteiger partial charge in [0.2, 0.25) is 5.95 Å². The highest BCUT2D eigenvalue weighted by Gasteiger charge is 2.15. The number of hydrogen-bond donors (Lipinski definition) is 2. The summed E-state index contributed by atoms with van der Waals surface area (Å²) in [6.07, 6.45) is 2.87. The normalized spacial score (nSPS) is 16.4. The maximum atomic E-state index is 4.53. The number of anilines is 1. The van der Waals surface area contributed by atoms with Crippen molar-refractivity contribution in [1.82, 2.24) is 25.5 Å². The fourth-order valence-corrected chi connectivity index (χ4v) is 2.31. The molecule has 3 rings (SSSR count). The zero-order valence-electron chi connectivity index (χ0n) is 10.4. The van der Waals surface area contributed by atoms with Crippen molar-refractivity contribution in [2.24, 2.45) is 0 Å². The van der Waals surface area contributed by atoms with E-state index in [1.165, 1.54) is 0 Å². The molecule has 0 aliphatic carbocycles. The second-order valence-electron chi connectivity index (χ2n) is 4.44. The first kappa shape index (κ1) is 12.6. The molecule has 6 nitrogen and oxygen atoms in total. The molecule has 2 aromatic heterocycles. The molecule has 2 N–H and O–H groups in total. The molecular weight excluding hydrogens is 308 g/mol. The largest absolute Gasteiger partial charge is 0.338 e. The van der Waals surface area contributed by atoms with Crippen molar-refractivity contribution in [3.05, 3.63) is 22.8 Å².